The van der Waals surface area contributed by atoms with E-state index >= 15 is 0 Å². The van der Waals surface area contributed by atoms with Gasteiger partial charge in [0.15, 0.2) is 12.3 Å². The smallest absolute Gasteiger partial charge is 0.469 e. The highest BCUT2D eigenvalue weighted by molar-refractivity contribution is 7.46. The van der Waals surface area contributed by atoms with Gasteiger partial charge >= 0.3 is 13.8 Å². The minimum atomic E-state index is -5.15. The molecular weight excluding hydrogens is 1380 g/mol. The molecule has 0 aromatic carbocycles. The largest absolute Gasteiger partial charge is 0.480 e. The highest BCUT2D eigenvalue weighted by Gasteiger charge is 2.49. The monoisotopic (exact) mass is 1560 g/mol. The molecule has 1 rings (SSSR count). The maximum Gasteiger partial charge on any atom is 0.469 e. The number of aliphatic hydroxyl groups excluding tert-OH is 1. The SMILES string of the molecule is CCCCCCCCCCC[C@H](CC(=O)N[C@@H]1[C@H](COP(=O)(O)O)[C@@H](CO)O[C@@H](OC[C@H](NC(=O)C[C@@H](CCCCCCCCCCC)OCCCCCCCCCC)C(=O)O)[C@@H]1NC(=O)C[C@@H](CCCCCCCCCCC)OCCCCCCCCCC)OCCCCCCCCCC.CCN(CC)CC. The first-order chi connectivity index (χ1) is 52.5. The standard InChI is InChI=1S/C82H160N3O15P.C6H15N/c1-7-13-19-25-31-37-40-46-52-58-70(95-61-55-49-43-34-28-22-16-10-4)64-76(87)83-74(81(90)91)69-98-82-80(85-78(89)66-72(60-54-48-42-39-33-27-21-15-9-3)97-63-57-51-45-36-30-24-18-12-6)79(73(75(67-86)100-82)68-99-101(92,93)94)84-77(88)65-71(59-53-47-41-38-32-26-20-14-8-2)96-62-56-50-44-35-29-23-17-11-5;1-4-7(5-2)6-3/h70-75,79-80,82,86H,7-69H2,1-6H3,(H,83,87)(H,84,88)(H,85,89)(H,90,91)(H2,92,93,94);4-6H2,1-3H3/t70-,71-,72-,73-,74+,75-,79-,80-,82-;/m1./s1. The third kappa shape index (κ3) is 64.0. The van der Waals surface area contributed by atoms with E-state index in [-0.39, 0.29) is 19.3 Å². The van der Waals surface area contributed by atoms with E-state index < -0.39 is 106 Å². The Balaban J connectivity index is 0.0000155. The van der Waals surface area contributed by atoms with Crippen LogP contribution in [0.4, 0.5) is 0 Å². The number of nitrogens with one attached hydrogen (secondary N) is 3. The number of aliphatic carboxylic acids is 1. The number of amides is 3. The van der Waals surface area contributed by atoms with Crippen molar-refractivity contribution in [2.45, 2.75) is 477 Å². The number of carboxylic acid groups (broad SMARTS) is 1. The van der Waals surface area contributed by atoms with Crippen LogP contribution in [0.25, 0.3) is 0 Å². The number of ether oxygens (including phenoxy) is 5. The van der Waals surface area contributed by atoms with E-state index in [1.54, 1.807) is 0 Å². The fourth-order valence-electron chi connectivity index (χ4n) is 14.7. The topological polar surface area (TPSA) is 261 Å². The molecule has 3 amide bonds. The van der Waals surface area contributed by atoms with E-state index in [4.69, 9.17) is 28.2 Å². The molecule has 1 heterocycles. The van der Waals surface area contributed by atoms with Crippen molar-refractivity contribution in [3.63, 3.8) is 0 Å². The van der Waals surface area contributed by atoms with Crippen LogP contribution in [0.15, 0.2) is 0 Å². The number of carboxylic acids is 1. The number of carbonyl (C=O) groups is 4. The second-order valence-electron chi connectivity index (χ2n) is 31.6. The molecule has 0 bridgehead atoms. The number of phosphoric acid groups is 1. The minimum Gasteiger partial charge on any atom is -0.480 e. The van der Waals surface area contributed by atoms with E-state index in [1.165, 1.54) is 219 Å². The van der Waals surface area contributed by atoms with Gasteiger partial charge in [-0.15, -0.1) is 0 Å². The Kier molecular flexibility index (Phi) is 75.7. The fraction of sp³-hybridized carbons (Fsp3) is 0.955. The number of rotatable bonds is 80. The highest BCUT2D eigenvalue weighted by atomic mass is 31.2. The van der Waals surface area contributed by atoms with Gasteiger partial charge in [-0.25, -0.2) is 9.36 Å². The molecule has 7 N–H and O–H groups in total. The van der Waals surface area contributed by atoms with Gasteiger partial charge < -0.3 is 64.5 Å². The first-order valence-electron chi connectivity index (χ1n) is 45.8. The molecule has 0 unspecified atom stereocenters. The van der Waals surface area contributed by atoms with Gasteiger partial charge in [-0.05, 0) is 58.2 Å². The Morgan fingerprint density at radius 2 is 0.676 bits per heavy atom. The van der Waals surface area contributed by atoms with Gasteiger partial charge in [-0.2, -0.15) is 0 Å². The lowest BCUT2D eigenvalue weighted by molar-refractivity contribution is -0.243. The zero-order valence-corrected chi connectivity index (χ0v) is 72.4. The van der Waals surface area contributed by atoms with Crippen LogP contribution in [0.1, 0.15) is 428 Å². The number of hydrogen-bond acceptors (Lipinski definition) is 13. The fourth-order valence-corrected chi connectivity index (χ4v) is 15.1. The molecule has 20 heteroatoms. The number of unbranched alkanes of at least 4 members (excludes halogenated alkanes) is 45. The summed E-state index contributed by atoms with van der Waals surface area (Å²) in [5, 5.41) is 30.8. The maximum atomic E-state index is 14.9. The Bertz CT molecular complexity index is 1970. The highest BCUT2D eigenvalue weighted by Crippen LogP contribution is 2.39. The van der Waals surface area contributed by atoms with Crippen molar-refractivity contribution >= 4 is 31.5 Å². The molecule has 0 aromatic rings. The van der Waals surface area contributed by atoms with Crippen molar-refractivity contribution < 1.29 is 72.0 Å². The summed E-state index contributed by atoms with van der Waals surface area (Å²) < 4.78 is 50.2. The Labute approximate surface area is 663 Å². The first-order valence-corrected chi connectivity index (χ1v) is 47.3. The molecule has 0 spiro atoms. The zero-order valence-electron chi connectivity index (χ0n) is 71.5. The second-order valence-corrected chi connectivity index (χ2v) is 32.9. The first kappa shape index (κ1) is 106. The summed E-state index contributed by atoms with van der Waals surface area (Å²) in [6, 6.07) is -4.17. The zero-order chi connectivity index (χ0) is 79.6. The summed E-state index contributed by atoms with van der Waals surface area (Å²) in [6.45, 7) is 22.9. The summed E-state index contributed by atoms with van der Waals surface area (Å²) in [6.07, 6.45) is 55.6. The predicted molar refractivity (Wildman–Crippen MR) is 447 cm³/mol. The molecule has 0 saturated carbocycles. The molecular formula is C88H175N4O15P. The number of nitrogens with zero attached hydrogens (tertiary/aromatic N) is 1. The maximum absolute atomic E-state index is 14.9. The van der Waals surface area contributed by atoms with Gasteiger partial charge in [0.05, 0.1) is 69.5 Å². The lowest BCUT2D eigenvalue weighted by Crippen LogP contribution is -2.68. The Hall–Kier alpha value is -2.29. The van der Waals surface area contributed by atoms with Crippen LogP contribution in [-0.4, -0.2) is 157 Å². The van der Waals surface area contributed by atoms with E-state index in [9.17, 15) is 43.7 Å². The van der Waals surface area contributed by atoms with Gasteiger partial charge in [0.1, 0.15) is 6.04 Å². The van der Waals surface area contributed by atoms with E-state index in [2.05, 4.69) is 83.2 Å². The van der Waals surface area contributed by atoms with Crippen molar-refractivity contribution in [3.8, 4) is 0 Å². The third-order valence-corrected chi connectivity index (χ3v) is 22.3. The molecule has 0 aromatic heterocycles. The van der Waals surface area contributed by atoms with Crippen LogP contribution in [0.3, 0.4) is 0 Å². The van der Waals surface area contributed by atoms with Crippen molar-refractivity contribution in [2.75, 3.05) is 59.3 Å². The van der Waals surface area contributed by atoms with Gasteiger partial charge in [0.2, 0.25) is 17.7 Å². The minimum absolute atomic E-state index is 0.0529. The van der Waals surface area contributed by atoms with E-state index in [0.717, 1.165) is 128 Å². The van der Waals surface area contributed by atoms with Gasteiger partial charge in [-0.1, -0.05) is 371 Å². The molecule has 9 atom stereocenters. The summed E-state index contributed by atoms with van der Waals surface area (Å²) in [7, 11) is -5.15. The van der Waals surface area contributed by atoms with Gasteiger partial charge in [-0.3, -0.25) is 18.9 Å². The molecule has 0 radical (unpaired) electrons. The van der Waals surface area contributed by atoms with Gasteiger partial charge in [0.25, 0.3) is 0 Å². The molecule has 1 aliphatic rings. The van der Waals surface area contributed by atoms with Crippen LogP contribution < -0.4 is 16.0 Å². The predicted octanol–water partition coefficient (Wildman–Crippen LogP) is 21.8. The quantitative estimate of drug-likeness (QED) is 0.0221. The van der Waals surface area contributed by atoms with E-state index in [1.807, 2.05) is 0 Å². The van der Waals surface area contributed by atoms with Crippen molar-refractivity contribution in [1.82, 2.24) is 20.9 Å². The molecule has 0 aliphatic carbocycles. The van der Waals surface area contributed by atoms with Crippen molar-refractivity contribution in [3.05, 3.63) is 0 Å². The summed E-state index contributed by atoms with van der Waals surface area (Å²) in [4.78, 5) is 79.9. The summed E-state index contributed by atoms with van der Waals surface area (Å²) in [5.41, 5.74) is 0. The summed E-state index contributed by atoms with van der Waals surface area (Å²) >= 11 is 0. The van der Waals surface area contributed by atoms with Gasteiger partial charge in [0, 0.05) is 25.7 Å². The van der Waals surface area contributed by atoms with Crippen LogP contribution in [-0.2, 0) is 52.0 Å². The van der Waals surface area contributed by atoms with E-state index in [0.29, 0.717) is 39.1 Å². The molecule has 1 aliphatic heterocycles. The van der Waals surface area contributed by atoms with Crippen LogP contribution in [0.2, 0.25) is 0 Å². The number of phosphoric ester groups is 1. The van der Waals surface area contributed by atoms with Crippen molar-refractivity contribution in [1.29, 1.82) is 0 Å². The molecule has 19 nitrogen and oxygen atoms in total. The average molecular weight is 1560 g/mol. The molecule has 108 heavy (non-hydrogen) atoms. The Morgan fingerprint density at radius 3 is 0.944 bits per heavy atom. The number of aliphatic hydroxyl groups is 1. The lowest BCUT2D eigenvalue weighted by Gasteiger charge is -2.47. The molecule has 642 valence electrons. The van der Waals surface area contributed by atoms with Crippen LogP contribution in [0, 0.1) is 5.92 Å². The Morgan fingerprint density at radius 1 is 0.398 bits per heavy atom. The molecule has 1 saturated heterocycles. The van der Waals surface area contributed by atoms with Crippen LogP contribution >= 0.6 is 7.82 Å². The lowest BCUT2D eigenvalue weighted by atomic mass is 9.85. The number of carbonyl (C=O) groups excluding carboxylic acids is 3. The second kappa shape index (κ2) is 77.3. The number of hydrogen-bond donors (Lipinski definition) is 7. The average Bonchev–Trinajstić information content (AvgIpc) is 0.784. The summed E-state index contributed by atoms with van der Waals surface area (Å²) in [5.74, 6) is -3.99. The molecule has 1 fully saturated rings. The van der Waals surface area contributed by atoms with Crippen LogP contribution in [0.5, 0.6) is 0 Å². The third-order valence-electron chi connectivity index (χ3n) is 21.8. The van der Waals surface area contributed by atoms with Crippen molar-refractivity contribution in [2.24, 2.45) is 5.92 Å². The normalized spacial score (nSPS) is 17.1.